The van der Waals surface area contributed by atoms with Gasteiger partial charge in [0.1, 0.15) is 0 Å². The number of hydrogen-bond donors (Lipinski definition) is 0. The monoisotopic (exact) mass is 314 g/mol. The van der Waals surface area contributed by atoms with Crippen LogP contribution in [0.4, 0.5) is 0 Å². The molecule has 0 bridgehead atoms. The van der Waals surface area contributed by atoms with Gasteiger partial charge in [-0.1, -0.05) is 30.3 Å². The van der Waals surface area contributed by atoms with Gasteiger partial charge in [-0.3, -0.25) is 0 Å². The molecule has 0 amide bonds. The van der Waals surface area contributed by atoms with Gasteiger partial charge in [0.25, 0.3) is 0 Å². The predicted molar refractivity (Wildman–Crippen MR) is 66.8 cm³/mol. The maximum Gasteiger partial charge on any atom is 0.335 e. The minimum atomic E-state index is -0.158. The first-order valence-corrected chi connectivity index (χ1v) is 5.94. The lowest BCUT2D eigenvalue weighted by atomic mass is 10.0. The molecule has 0 atom stereocenters. The third-order valence-electron chi connectivity index (χ3n) is 2.35. The summed E-state index contributed by atoms with van der Waals surface area (Å²) < 4.78 is 6.16. The van der Waals surface area contributed by atoms with Crippen molar-refractivity contribution >= 4 is 28.6 Å². The Kier molecular flexibility index (Phi) is 3.41. The first-order valence-electron chi connectivity index (χ1n) is 4.86. The van der Waals surface area contributed by atoms with Crippen molar-refractivity contribution < 1.29 is 9.53 Å². The van der Waals surface area contributed by atoms with Crippen LogP contribution in [0.5, 0.6) is 0 Å². The van der Waals surface area contributed by atoms with Crippen LogP contribution in [0.25, 0.3) is 0 Å². The fourth-order valence-corrected chi connectivity index (χ4v) is 2.18. The van der Waals surface area contributed by atoms with E-state index in [1.54, 1.807) is 0 Å². The molecule has 1 aromatic rings. The minimum absolute atomic E-state index is 0.158. The van der Waals surface area contributed by atoms with Crippen molar-refractivity contribution in [3.8, 4) is 0 Å². The van der Waals surface area contributed by atoms with E-state index < -0.39 is 0 Å². The van der Waals surface area contributed by atoms with E-state index in [-0.39, 0.29) is 5.97 Å². The van der Waals surface area contributed by atoms with Crippen molar-refractivity contribution in [1.29, 1.82) is 0 Å². The largest absolute Gasteiger partial charge is 0.462 e. The van der Waals surface area contributed by atoms with Crippen LogP contribution in [0.15, 0.2) is 39.5 Å². The topological polar surface area (TPSA) is 26.3 Å². The molecular weight excluding hydrogens is 303 g/mol. The normalized spacial score (nSPS) is 16.5. The second kappa shape index (κ2) is 4.79. The molecule has 0 unspecified atom stereocenters. The van der Waals surface area contributed by atoms with Crippen LogP contribution in [-0.4, -0.2) is 12.6 Å². The number of carbonyl (C=O) groups excluding carboxylic acids is 1. The highest BCUT2D eigenvalue weighted by Gasteiger charge is 2.20. The zero-order valence-electron chi connectivity index (χ0n) is 8.20. The summed E-state index contributed by atoms with van der Waals surface area (Å²) in [6.07, 6.45) is 1.53. The number of rotatable bonds is 2. The van der Waals surface area contributed by atoms with E-state index in [0.717, 1.165) is 21.1 Å². The van der Waals surface area contributed by atoms with Crippen molar-refractivity contribution in [3.05, 3.63) is 45.0 Å². The Morgan fingerprint density at radius 3 is 2.67 bits per heavy atom. The highest BCUT2D eigenvalue weighted by Crippen LogP contribution is 2.25. The molecule has 0 spiro atoms. The number of esters is 1. The Labute approximate surface area is 102 Å². The fourth-order valence-electron chi connectivity index (χ4n) is 1.55. The molecule has 1 aliphatic rings. The molecule has 0 saturated carbocycles. The summed E-state index contributed by atoms with van der Waals surface area (Å²) in [6.45, 7) is 0.523. The molecule has 2 nitrogen and oxygen atoms in total. The molecule has 2 rings (SSSR count). The van der Waals surface area contributed by atoms with Crippen LogP contribution in [0.2, 0.25) is 0 Å². The summed E-state index contributed by atoms with van der Waals surface area (Å²) in [4.78, 5) is 11.5. The molecule has 0 saturated heterocycles. The third-order valence-corrected chi connectivity index (χ3v) is 3.54. The molecule has 1 aliphatic heterocycles. The van der Waals surface area contributed by atoms with E-state index >= 15 is 0 Å². The standard InChI is InChI=1S/C12H11IO2/c13-11-6-7-15-12(14)10(11)8-9-4-2-1-3-5-9/h1-5H,6-8H2. The molecule has 0 fully saturated rings. The maximum atomic E-state index is 11.5. The van der Waals surface area contributed by atoms with Gasteiger partial charge in [0.05, 0.1) is 12.2 Å². The highest BCUT2D eigenvalue weighted by molar-refractivity contribution is 14.1. The van der Waals surface area contributed by atoms with Crippen LogP contribution in [0, 0.1) is 0 Å². The van der Waals surface area contributed by atoms with E-state index in [0.29, 0.717) is 13.0 Å². The first-order chi connectivity index (χ1) is 7.27. The first kappa shape index (κ1) is 10.7. The number of hydrogen-bond acceptors (Lipinski definition) is 2. The summed E-state index contributed by atoms with van der Waals surface area (Å²) in [5.74, 6) is -0.158. The Bertz CT molecular complexity index is 395. The summed E-state index contributed by atoms with van der Waals surface area (Å²) in [7, 11) is 0. The molecule has 78 valence electrons. The van der Waals surface area contributed by atoms with Gasteiger partial charge in [-0.2, -0.15) is 0 Å². The highest BCUT2D eigenvalue weighted by atomic mass is 127. The second-order valence-electron chi connectivity index (χ2n) is 3.43. The Hall–Kier alpha value is -0.840. The Morgan fingerprint density at radius 1 is 1.27 bits per heavy atom. The Balaban J connectivity index is 2.21. The van der Waals surface area contributed by atoms with Gasteiger partial charge >= 0.3 is 5.97 Å². The third kappa shape index (κ3) is 2.59. The quantitative estimate of drug-likeness (QED) is 0.620. The molecule has 1 heterocycles. The van der Waals surface area contributed by atoms with E-state index in [4.69, 9.17) is 4.74 Å². The van der Waals surface area contributed by atoms with Crippen LogP contribution < -0.4 is 0 Å². The molecule has 3 heteroatoms. The SMILES string of the molecule is O=C1OCCC(I)=C1Cc1ccccc1. The molecule has 15 heavy (non-hydrogen) atoms. The summed E-state index contributed by atoms with van der Waals surface area (Å²) in [5.41, 5.74) is 1.97. The van der Waals surface area contributed by atoms with Crippen LogP contribution in [0.1, 0.15) is 12.0 Å². The van der Waals surface area contributed by atoms with Gasteiger partial charge in [0, 0.05) is 16.4 Å². The van der Waals surface area contributed by atoms with Gasteiger partial charge in [0.15, 0.2) is 0 Å². The van der Waals surface area contributed by atoms with Crippen molar-refractivity contribution in [3.63, 3.8) is 0 Å². The van der Waals surface area contributed by atoms with Crippen LogP contribution in [-0.2, 0) is 16.0 Å². The van der Waals surface area contributed by atoms with E-state index in [1.165, 1.54) is 0 Å². The van der Waals surface area contributed by atoms with Gasteiger partial charge in [-0.25, -0.2) is 4.79 Å². The van der Waals surface area contributed by atoms with E-state index in [1.807, 2.05) is 30.3 Å². The lowest BCUT2D eigenvalue weighted by molar-refractivity contribution is -0.139. The van der Waals surface area contributed by atoms with Crippen molar-refractivity contribution in [2.75, 3.05) is 6.61 Å². The summed E-state index contributed by atoms with van der Waals surface area (Å²) in [6, 6.07) is 9.99. The average molecular weight is 314 g/mol. The number of halogens is 1. The predicted octanol–water partition coefficient (Wildman–Crippen LogP) is 2.87. The van der Waals surface area contributed by atoms with Crippen LogP contribution in [0.3, 0.4) is 0 Å². The molecule has 0 aliphatic carbocycles. The molecule has 0 aromatic heterocycles. The molecule has 0 N–H and O–H groups in total. The molecular formula is C12H11IO2. The van der Waals surface area contributed by atoms with E-state index in [9.17, 15) is 4.79 Å². The number of benzene rings is 1. The zero-order chi connectivity index (χ0) is 10.7. The maximum absolute atomic E-state index is 11.5. The van der Waals surface area contributed by atoms with Gasteiger partial charge in [0.2, 0.25) is 0 Å². The number of cyclic esters (lactones) is 1. The van der Waals surface area contributed by atoms with Gasteiger partial charge in [-0.05, 0) is 28.2 Å². The Morgan fingerprint density at radius 2 is 2.00 bits per heavy atom. The second-order valence-corrected chi connectivity index (χ2v) is 4.73. The van der Waals surface area contributed by atoms with Crippen molar-refractivity contribution in [2.45, 2.75) is 12.8 Å². The molecule has 1 aromatic carbocycles. The van der Waals surface area contributed by atoms with E-state index in [2.05, 4.69) is 22.6 Å². The summed E-state index contributed by atoms with van der Waals surface area (Å²) >= 11 is 2.24. The van der Waals surface area contributed by atoms with Crippen LogP contribution >= 0.6 is 22.6 Å². The fraction of sp³-hybridized carbons (Fsp3) is 0.250. The van der Waals surface area contributed by atoms with Gasteiger partial charge < -0.3 is 4.74 Å². The van der Waals surface area contributed by atoms with Crippen molar-refractivity contribution in [1.82, 2.24) is 0 Å². The lowest BCUT2D eigenvalue weighted by Crippen LogP contribution is -2.17. The number of carbonyl (C=O) groups is 1. The summed E-state index contributed by atoms with van der Waals surface area (Å²) in [5, 5.41) is 0. The molecule has 0 radical (unpaired) electrons. The number of ether oxygens (including phenoxy) is 1. The minimum Gasteiger partial charge on any atom is -0.462 e. The lowest BCUT2D eigenvalue weighted by Gasteiger charge is -2.16. The van der Waals surface area contributed by atoms with Gasteiger partial charge in [-0.15, -0.1) is 0 Å². The average Bonchev–Trinajstić information content (AvgIpc) is 2.25. The zero-order valence-corrected chi connectivity index (χ0v) is 10.4. The smallest absolute Gasteiger partial charge is 0.335 e. The van der Waals surface area contributed by atoms with Crippen molar-refractivity contribution in [2.24, 2.45) is 0 Å².